The number of allylic oxidation sites excluding steroid dienone is 1. The number of benzene rings is 2. The normalized spacial score (nSPS) is 16.2. The van der Waals surface area contributed by atoms with Crippen LogP contribution >= 0.6 is 0 Å². The molecule has 0 radical (unpaired) electrons. The van der Waals surface area contributed by atoms with Crippen LogP contribution in [0.2, 0.25) is 0 Å². The van der Waals surface area contributed by atoms with Gasteiger partial charge in [-0.05, 0) is 37.5 Å². The van der Waals surface area contributed by atoms with E-state index in [4.69, 9.17) is 4.74 Å². The van der Waals surface area contributed by atoms with Gasteiger partial charge in [-0.25, -0.2) is 0 Å². The quantitative estimate of drug-likeness (QED) is 0.732. The number of phenolic OH excluding ortho intramolecular Hbond substituents is 3. The van der Waals surface area contributed by atoms with Gasteiger partial charge in [0.1, 0.15) is 34.7 Å². The van der Waals surface area contributed by atoms with Crippen LogP contribution in [0, 0.1) is 0 Å². The Hall–Kier alpha value is -2.95. The third kappa shape index (κ3) is 3.31. The molecule has 3 N–H and O–H groups in total. The van der Waals surface area contributed by atoms with Crippen LogP contribution in [0.4, 0.5) is 0 Å². The van der Waals surface area contributed by atoms with Gasteiger partial charge >= 0.3 is 0 Å². The molecule has 0 saturated heterocycles. The fourth-order valence-electron chi connectivity index (χ4n) is 2.96. The maximum Gasteiger partial charge on any atom is 0.174 e. The summed E-state index contributed by atoms with van der Waals surface area (Å²) in [6.07, 6.45) is 0.552. The van der Waals surface area contributed by atoms with Crippen LogP contribution in [0.15, 0.2) is 42.5 Å². The van der Waals surface area contributed by atoms with Crippen LogP contribution in [-0.4, -0.2) is 21.1 Å². The van der Waals surface area contributed by atoms with Crippen molar-refractivity contribution >= 4 is 5.78 Å². The van der Waals surface area contributed by atoms with E-state index in [-0.39, 0.29) is 40.8 Å². The van der Waals surface area contributed by atoms with Crippen molar-refractivity contribution in [2.24, 2.45) is 0 Å². The number of rotatable bonds is 4. The van der Waals surface area contributed by atoms with Crippen molar-refractivity contribution < 1.29 is 24.9 Å². The summed E-state index contributed by atoms with van der Waals surface area (Å²) in [6, 6.07) is 7.79. The lowest BCUT2D eigenvalue weighted by Gasteiger charge is -2.27. The van der Waals surface area contributed by atoms with Crippen molar-refractivity contribution in [3.63, 3.8) is 0 Å². The molecule has 0 amide bonds. The first-order valence-electron chi connectivity index (χ1n) is 8.07. The summed E-state index contributed by atoms with van der Waals surface area (Å²) >= 11 is 0. The Morgan fingerprint density at radius 2 is 1.92 bits per heavy atom. The first-order chi connectivity index (χ1) is 11.9. The largest absolute Gasteiger partial charge is 0.508 e. The summed E-state index contributed by atoms with van der Waals surface area (Å²) in [6.45, 7) is 5.67. The Bertz CT molecular complexity index is 836. The van der Waals surface area contributed by atoms with Crippen LogP contribution in [0.1, 0.15) is 47.4 Å². The predicted molar refractivity (Wildman–Crippen MR) is 93.3 cm³/mol. The van der Waals surface area contributed by atoms with E-state index in [1.165, 1.54) is 18.2 Å². The molecule has 3 rings (SSSR count). The minimum atomic E-state index is -0.527. The molecular formula is C20H20O5. The molecule has 0 bridgehead atoms. The van der Waals surface area contributed by atoms with E-state index < -0.39 is 6.10 Å². The van der Waals surface area contributed by atoms with Gasteiger partial charge in [0.2, 0.25) is 0 Å². The predicted octanol–water partition coefficient (Wildman–Crippen LogP) is 4.02. The zero-order chi connectivity index (χ0) is 18.1. The molecule has 2 aromatic carbocycles. The third-order valence-electron chi connectivity index (χ3n) is 4.33. The topological polar surface area (TPSA) is 87.0 Å². The monoisotopic (exact) mass is 340 g/mol. The standard InChI is InChI=1S/C20H20O5/c1-11(2)3-8-14-15(22)9-18-19(20(14)24)16(23)10-17(25-18)12-4-6-13(21)7-5-12/h4-7,9,17,21-22,24H,1,3,8,10H2,2H3. The molecule has 130 valence electrons. The highest BCUT2D eigenvalue weighted by atomic mass is 16.5. The van der Waals surface area contributed by atoms with Gasteiger partial charge in [-0.1, -0.05) is 17.7 Å². The Balaban J connectivity index is 1.95. The second kappa shape index (κ2) is 6.51. The van der Waals surface area contributed by atoms with Crippen molar-refractivity contribution in [1.29, 1.82) is 0 Å². The molecule has 25 heavy (non-hydrogen) atoms. The second-order valence-corrected chi connectivity index (χ2v) is 6.38. The van der Waals surface area contributed by atoms with Gasteiger partial charge in [0.15, 0.2) is 5.78 Å². The van der Waals surface area contributed by atoms with Crippen LogP contribution in [0.25, 0.3) is 0 Å². The first kappa shape index (κ1) is 16.9. The maximum atomic E-state index is 12.6. The summed E-state index contributed by atoms with van der Waals surface area (Å²) in [4.78, 5) is 12.6. The zero-order valence-electron chi connectivity index (χ0n) is 14.0. The van der Waals surface area contributed by atoms with Crippen LogP contribution in [-0.2, 0) is 6.42 Å². The van der Waals surface area contributed by atoms with Crippen LogP contribution in [0.5, 0.6) is 23.0 Å². The summed E-state index contributed by atoms with van der Waals surface area (Å²) in [7, 11) is 0. The van der Waals surface area contributed by atoms with Gasteiger partial charge < -0.3 is 20.1 Å². The van der Waals surface area contributed by atoms with Gasteiger partial charge in [-0.15, -0.1) is 6.58 Å². The minimum Gasteiger partial charge on any atom is -0.508 e. The van der Waals surface area contributed by atoms with Crippen molar-refractivity contribution in [3.05, 3.63) is 59.2 Å². The summed E-state index contributed by atoms with van der Waals surface area (Å²) in [5.41, 5.74) is 2.11. The molecule has 0 aliphatic carbocycles. The van der Waals surface area contributed by atoms with Crippen molar-refractivity contribution in [2.45, 2.75) is 32.3 Å². The van der Waals surface area contributed by atoms with E-state index in [9.17, 15) is 20.1 Å². The Morgan fingerprint density at radius 1 is 1.24 bits per heavy atom. The average Bonchev–Trinajstić information content (AvgIpc) is 2.54. The van der Waals surface area contributed by atoms with Gasteiger partial charge in [-0.2, -0.15) is 0 Å². The number of aromatic hydroxyl groups is 3. The molecule has 1 aliphatic rings. The molecule has 0 spiro atoms. The molecule has 1 heterocycles. The lowest BCUT2D eigenvalue weighted by atomic mass is 9.92. The highest BCUT2D eigenvalue weighted by Gasteiger charge is 2.32. The molecule has 5 heteroatoms. The number of hydrogen-bond donors (Lipinski definition) is 3. The molecule has 1 unspecified atom stereocenters. The smallest absolute Gasteiger partial charge is 0.174 e. The van der Waals surface area contributed by atoms with Gasteiger partial charge in [-0.3, -0.25) is 4.79 Å². The van der Waals surface area contributed by atoms with Crippen LogP contribution < -0.4 is 4.74 Å². The number of fused-ring (bicyclic) bond motifs is 1. The van der Waals surface area contributed by atoms with Gasteiger partial charge in [0.05, 0.1) is 6.42 Å². The number of Topliss-reactive ketones (excluding diaryl/α,β-unsaturated/α-hetero) is 1. The molecule has 1 aliphatic heterocycles. The number of carbonyl (C=O) groups is 1. The van der Waals surface area contributed by atoms with E-state index >= 15 is 0 Å². The molecule has 0 aromatic heterocycles. The third-order valence-corrected chi connectivity index (χ3v) is 4.33. The Labute approximate surface area is 145 Å². The molecular weight excluding hydrogens is 320 g/mol. The number of phenols is 3. The van der Waals surface area contributed by atoms with E-state index in [1.54, 1.807) is 12.1 Å². The van der Waals surface area contributed by atoms with Gasteiger partial charge in [0.25, 0.3) is 0 Å². The minimum absolute atomic E-state index is 0.0794. The van der Waals surface area contributed by atoms with Gasteiger partial charge in [0, 0.05) is 11.6 Å². The summed E-state index contributed by atoms with van der Waals surface area (Å²) in [5, 5.41) is 30.1. The number of ketones is 1. The SMILES string of the molecule is C=C(C)CCc1c(O)cc2c(c1O)C(=O)CC(c1ccc(O)cc1)O2. The van der Waals surface area contributed by atoms with Crippen molar-refractivity contribution in [3.8, 4) is 23.0 Å². The zero-order valence-corrected chi connectivity index (χ0v) is 14.0. The summed E-state index contributed by atoms with van der Waals surface area (Å²) < 4.78 is 5.83. The maximum absolute atomic E-state index is 12.6. The van der Waals surface area contributed by atoms with E-state index in [1.807, 2.05) is 6.92 Å². The number of hydrogen-bond acceptors (Lipinski definition) is 5. The molecule has 2 aromatic rings. The lowest BCUT2D eigenvalue weighted by molar-refractivity contribution is 0.0844. The van der Waals surface area contributed by atoms with E-state index in [2.05, 4.69) is 6.58 Å². The van der Waals surface area contributed by atoms with E-state index in [0.29, 0.717) is 18.4 Å². The van der Waals surface area contributed by atoms with Crippen molar-refractivity contribution in [2.75, 3.05) is 0 Å². The number of ether oxygens (including phenoxy) is 1. The van der Waals surface area contributed by atoms with Crippen LogP contribution in [0.3, 0.4) is 0 Å². The second-order valence-electron chi connectivity index (χ2n) is 6.38. The van der Waals surface area contributed by atoms with E-state index in [0.717, 1.165) is 11.1 Å². The fourth-order valence-corrected chi connectivity index (χ4v) is 2.96. The molecule has 0 saturated carbocycles. The fraction of sp³-hybridized carbons (Fsp3) is 0.250. The summed E-state index contributed by atoms with van der Waals surface area (Å²) in [5.74, 6) is -0.261. The highest BCUT2D eigenvalue weighted by Crippen LogP contribution is 2.45. The highest BCUT2D eigenvalue weighted by molar-refractivity contribution is 6.03. The molecule has 1 atom stereocenters. The molecule has 5 nitrogen and oxygen atoms in total. The number of carbonyl (C=O) groups excluding carboxylic acids is 1. The average molecular weight is 340 g/mol. The first-order valence-corrected chi connectivity index (χ1v) is 8.07. The Morgan fingerprint density at radius 3 is 2.56 bits per heavy atom. The molecule has 0 fully saturated rings. The lowest BCUT2D eigenvalue weighted by Crippen LogP contribution is -2.21. The Kier molecular flexibility index (Phi) is 4.40. The van der Waals surface area contributed by atoms with Crippen molar-refractivity contribution in [1.82, 2.24) is 0 Å².